The fourth-order valence-electron chi connectivity index (χ4n) is 2.52. The summed E-state index contributed by atoms with van der Waals surface area (Å²) in [5.41, 5.74) is 0.907. The number of nitrogens with one attached hydrogen (secondary N) is 3. The summed E-state index contributed by atoms with van der Waals surface area (Å²) < 4.78 is 39.5. The Labute approximate surface area is 179 Å². The lowest BCUT2D eigenvalue weighted by atomic mass is 10.1. The Balaban J connectivity index is 2.11. The molecular formula is C20H24FN3O4S2. The van der Waals surface area contributed by atoms with E-state index in [-0.39, 0.29) is 11.3 Å². The molecule has 0 fully saturated rings. The second-order valence-electron chi connectivity index (χ2n) is 6.39. The van der Waals surface area contributed by atoms with Gasteiger partial charge in [0.15, 0.2) is 0 Å². The van der Waals surface area contributed by atoms with Gasteiger partial charge in [-0.15, -0.1) is 0 Å². The highest BCUT2D eigenvalue weighted by Crippen LogP contribution is 2.15. The number of halogens is 1. The molecule has 7 nitrogen and oxygen atoms in total. The summed E-state index contributed by atoms with van der Waals surface area (Å²) in [6, 6.07) is 10.8. The second-order valence-corrected chi connectivity index (χ2v) is 9.42. The molecular weight excluding hydrogens is 429 g/mol. The molecule has 0 aliphatic carbocycles. The van der Waals surface area contributed by atoms with Crippen LogP contribution in [0.15, 0.2) is 48.5 Å². The van der Waals surface area contributed by atoms with Gasteiger partial charge in [0, 0.05) is 16.9 Å². The Bertz CT molecular complexity index is 999. The number of benzene rings is 2. The average Bonchev–Trinajstić information content (AvgIpc) is 2.71. The molecule has 1 atom stereocenters. The van der Waals surface area contributed by atoms with E-state index in [2.05, 4.69) is 15.4 Å². The highest BCUT2D eigenvalue weighted by molar-refractivity contribution is 7.98. The number of rotatable bonds is 10. The van der Waals surface area contributed by atoms with Crippen LogP contribution >= 0.6 is 11.8 Å². The summed E-state index contributed by atoms with van der Waals surface area (Å²) in [5.74, 6) is -0.989. The van der Waals surface area contributed by atoms with Crippen molar-refractivity contribution in [1.82, 2.24) is 4.72 Å². The summed E-state index contributed by atoms with van der Waals surface area (Å²) in [6.45, 7) is 1.49. The van der Waals surface area contributed by atoms with Crippen molar-refractivity contribution < 1.29 is 22.4 Å². The number of carbonyl (C=O) groups is 2. The number of thioether (sulfide) groups is 1. The maximum atomic E-state index is 13.3. The molecule has 0 aromatic heterocycles. The molecule has 0 aliphatic rings. The van der Waals surface area contributed by atoms with Gasteiger partial charge < -0.3 is 10.6 Å². The van der Waals surface area contributed by atoms with Crippen molar-refractivity contribution in [2.45, 2.75) is 19.4 Å². The van der Waals surface area contributed by atoms with Crippen LogP contribution in [0, 0.1) is 5.82 Å². The van der Waals surface area contributed by atoms with Crippen LogP contribution in [-0.2, 0) is 14.8 Å². The number of hydrogen-bond donors (Lipinski definition) is 3. The van der Waals surface area contributed by atoms with E-state index in [0.29, 0.717) is 23.5 Å². The van der Waals surface area contributed by atoms with E-state index >= 15 is 0 Å². The molecule has 2 amide bonds. The fraction of sp³-hybridized carbons (Fsp3) is 0.300. The standard InChI is InChI=1S/C20H24FN3O4S2/c1-3-30(27,28)24-18(10-11-29-2)20(26)23-16-8-4-6-14(12-16)19(25)22-17-9-5-7-15(21)13-17/h4-9,12-13,18,24H,3,10-11H2,1-2H3,(H,22,25)(H,23,26). The lowest BCUT2D eigenvalue weighted by Crippen LogP contribution is -2.44. The smallest absolute Gasteiger partial charge is 0.255 e. The van der Waals surface area contributed by atoms with Gasteiger partial charge >= 0.3 is 0 Å². The molecule has 2 aromatic carbocycles. The quantitative estimate of drug-likeness (QED) is 0.513. The van der Waals surface area contributed by atoms with Gasteiger partial charge in [-0.2, -0.15) is 11.8 Å². The number of anilines is 2. The van der Waals surface area contributed by atoms with Crippen LogP contribution < -0.4 is 15.4 Å². The minimum Gasteiger partial charge on any atom is -0.325 e. The highest BCUT2D eigenvalue weighted by Gasteiger charge is 2.23. The first-order chi connectivity index (χ1) is 14.2. The number of carbonyl (C=O) groups excluding carboxylic acids is 2. The van der Waals surface area contributed by atoms with E-state index in [1.165, 1.54) is 43.0 Å². The number of sulfonamides is 1. The first-order valence-corrected chi connectivity index (χ1v) is 12.3. The van der Waals surface area contributed by atoms with E-state index in [1.807, 2.05) is 6.26 Å². The Hall–Kier alpha value is -2.43. The summed E-state index contributed by atoms with van der Waals surface area (Å²) in [6.07, 6.45) is 2.19. The molecule has 162 valence electrons. The van der Waals surface area contributed by atoms with Gasteiger partial charge in [-0.25, -0.2) is 17.5 Å². The van der Waals surface area contributed by atoms with Gasteiger partial charge in [-0.3, -0.25) is 9.59 Å². The second kappa shape index (κ2) is 11.1. The first-order valence-electron chi connectivity index (χ1n) is 9.21. The first kappa shape index (κ1) is 23.8. The van der Waals surface area contributed by atoms with Crippen molar-refractivity contribution >= 4 is 45.0 Å². The van der Waals surface area contributed by atoms with Crippen molar-refractivity contribution in [2.24, 2.45) is 0 Å². The molecule has 0 spiro atoms. The van der Waals surface area contributed by atoms with E-state index < -0.39 is 33.7 Å². The predicted molar refractivity (Wildman–Crippen MR) is 119 cm³/mol. The zero-order valence-electron chi connectivity index (χ0n) is 16.6. The molecule has 0 radical (unpaired) electrons. The Morgan fingerprint density at radius 3 is 2.37 bits per heavy atom. The van der Waals surface area contributed by atoms with Crippen molar-refractivity contribution in [3.63, 3.8) is 0 Å². The Morgan fingerprint density at radius 2 is 1.73 bits per heavy atom. The minimum absolute atomic E-state index is 0.133. The molecule has 2 aromatic rings. The van der Waals surface area contributed by atoms with E-state index in [0.717, 1.165) is 0 Å². The third-order valence-corrected chi connectivity index (χ3v) is 6.15. The average molecular weight is 454 g/mol. The predicted octanol–water partition coefficient (Wildman–Crippen LogP) is 3.08. The van der Waals surface area contributed by atoms with Gasteiger partial charge in [0.1, 0.15) is 11.9 Å². The largest absolute Gasteiger partial charge is 0.325 e. The Morgan fingerprint density at radius 1 is 1.07 bits per heavy atom. The molecule has 0 bridgehead atoms. The lowest BCUT2D eigenvalue weighted by Gasteiger charge is -2.18. The molecule has 3 N–H and O–H groups in total. The van der Waals surface area contributed by atoms with Crippen LogP contribution in [-0.4, -0.2) is 44.0 Å². The zero-order valence-corrected chi connectivity index (χ0v) is 18.3. The third kappa shape index (κ3) is 7.43. The van der Waals surface area contributed by atoms with Crippen LogP contribution in [0.4, 0.5) is 15.8 Å². The van der Waals surface area contributed by atoms with Crippen LogP contribution in [0.25, 0.3) is 0 Å². The van der Waals surface area contributed by atoms with Crippen LogP contribution in [0.5, 0.6) is 0 Å². The van der Waals surface area contributed by atoms with Gasteiger partial charge in [-0.1, -0.05) is 12.1 Å². The third-order valence-electron chi connectivity index (χ3n) is 4.10. The van der Waals surface area contributed by atoms with Crippen LogP contribution in [0.3, 0.4) is 0 Å². The molecule has 10 heteroatoms. The number of hydrogen-bond acceptors (Lipinski definition) is 5. The Kier molecular flexibility index (Phi) is 8.82. The summed E-state index contributed by atoms with van der Waals surface area (Å²) in [4.78, 5) is 25.1. The minimum atomic E-state index is -3.56. The fourth-order valence-corrected chi connectivity index (χ4v) is 3.81. The van der Waals surface area contributed by atoms with Crippen LogP contribution in [0.1, 0.15) is 23.7 Å². The van der Waals surface area contributed by atoms with E-state index in [9.17, 15) is 22.4 Å². The molecule has 0 heterocycles. The lowest BCUT2D eigenvalue weighted by molar-refractivity contribution is -0.117. The monoisotopic (exact) mass is 453 g/mol. The van der Waals surface area contributed by atoms with Crippen molar-refractivity contribution in [2.75, 3.05) is 28.4 Å². The zero-order chi connectivity index (χ0) is 22.1. The van der Waals surface area contributed by atoms with Gasteiger partial charge in [0.05, 0.1) is 5.75 Å². The van der Waals surface area contributed by atoms with Gasteiger partial charge in [0.25, 0.3) is 5.91 Å². The number of amides is 2. The summed E-state index contributed by atoms with van der Waals surface area (Å²) in [7, 11) is -3.56. The molecule has 2 rings (SSSR count). The molecule has 30 heavy (non-hydrogen) atoms. The van der Waals surface area contributed by atoms with Gasteiger partial charge in [0.2, 0.25) is 15.9 Å². The summed E-state index contributed by atoms with van der Waals surface area (Å²) in [5, 5.41) is 5.23. The maximum Gasteiger partial charge on any atom is 0.255 e. The van der Waals surface area contributed by atoms with Gasteiger partial charge in [-0.05, 0) is 61.8 Å². The SMILES string of the molecule is CCS(=O)(=O)NC(CCSC)C(=O)Nc1cccc(C(=O)Nc2cccc(F)c2)c1. The van der Waals surface area contributed by atoms with Crippen molar-refractivity contribution in [1.29, 1.82) is 0 Å². The van der Waals surface area contributed by atoms with E-state index in [4.69, 9.17) is 0 Å². The molecule has 0 saturated carbocycles. The van der Waals surface area contributed by atoms with Crippen LogP contribution in [0.2, 0.25) is 0 Å². The van der Waals surface area contributed by atoms with E-state index in [1.54, 1.807) is 24.3 Å². The highest BCUT2D eigenvalue weighted by atomic mass is 32.2. The molecule has 1 unspecified atom stereocenters. The molecule has 0 aliphatic heterocycles. The van der Waals surface area contributed by atoms with Crippen molar-refractivity contribution in [3.8, 4) is 0 Å². The van der Waals surface area contributed by atoms with Crippen molar-refractivity contribution in [3.05, 3.63) is 59.9 Å². The summed E-state index contributed by atoms with van der Waals surface area (Å²) >= 11 is 1.50. The maximum absolute atomic E-state index is 13.3. The topological polar surface area (TPSA) is 104 Å². The normalized spacial score (nSPS) is 12.2. The molecule has 0 saturated heterocycles.